The molecule has 1 aromatic carbocycles. The number of carbonyl (C=O) groups excluding carboxylic acids is 1. The Morgan fingerprint density at radius 1 is 1.12 bits per heavy atom. The van der Waals surface area contributed by atoms with Crippen LogP contribution in [0.1, 0.15) is 37.0 Å². The topological polar surface area (TPSA) is 66.5 Å². The number of carbonyl (C=O) groups is 1. The number of amides is 1. The van der Waals surface area contributed by atoms with Gasteiger partial charge in [-0.1, -0.05) is 12.1 Å². The van der Waals surface area contributed by atoms with Crippen LogP contribution in [-0.4, -0.2) is 50.7 Å². The Balaban J connectivity index is 1.86. The summed E-state index contributed by atoms with van der Waals surface area (Å²) in [6.07, 6.45) is 1.98. The molecular weight excluding hydrogens is 324 g/mol. The summed E-state index contributed by atoms with van der Waals surface area (Å²) in [5.74, 6) is 1.12. The molecule has 3 rings (SSSR count). The summed E-state index contributed by atoms with van der Waals surface area (Å²) in [5.41, 5.74) is 0.316. The van der Waals surface area contributed by atoms with E-state index in [9.17, 15) is 13.2 Å². The van der Waals surface area contributed by atoms with Gasteiger partial charge >= 0.3 is 0 Å². The van der Waals surface area contributed by atoms with Crippen LogP contribution in [0.15, 0.2) is 29.2 Å². The number of fused-ring (bicyclic) bond motifs is 1. The first-order valence-electron chi connectivity index (χ1n) is 8.74. The number of rotatable bonds is 3. The van der Waals surface area contributed by atoms with Crippen LogP contribution in [-0.2, 0) is 9.84 Å². The third kappa shape index (κ3) is 3.22. The lowest BCUT2D eigenvalue weighted by Gasteiger charge is -2.22. The van der Waals surface area contributed by atoms with Gasteiger partial charge < -0.3 is 10.2 Å². The van der Waals surface area contributed by atoms with Gasteiger partial charge in [-0.15, -0.1) is 0 Å². The fourth-order valence-corrected chi connectivity index (χ4v) is 4.97. The molecule has 2 aliphatic heterocycles. The molecule has 0 spiro atoms. The maximum absolute atomic E-state index is 13.0. The van der Waals surface area contributed by atoms with Gasteiger partial charge in [0.25, 0.3) is 5.91 Å². The predicted molar refractivity (Wildman–Crippen MR) is 93.8 cm³/mol. The molecule has 1 amide bonds. The first kappa shape index (κ1) is 17.4. The standard InChI is InChI=1S/C18H26N2O3S/c1-13(2)24(22,23)17-6-4-3-5-16(17)18(21)20-9-7-14-11-19-12-15(14)8-10-20/h3-6,13-15,19H,7-12H2,1-2H3/t14-,15+. The van der Waals surface area contributed by atoms with Crippen molar-refractivity contribution < 1.29 is 13.2 Å². The van der Waals surface area contributed by atoms with Gasteiger partial charge in [-0.2, -0.15) is 0 Å². The van der Waals surface area contributed by atoms with Gasteiger partial charge in [-0.25, -0.2) is 8.42 Å². The predicted octanol–water partition coefficient (Wildman–Crippen LogP) is 1.94. The van der Waals surface area contributed by atoms with Crippen molar-refractivity contribution in [3.05, 3.63) is 29.8 Å². The number of sulfone groups is 1. The highest BCUT2D eigenvalue weighted by molar-refractivity contribution is 7.92. The minimum Gasteiger partial charge on any atom is -0.339 e. The van der Waals surface area contributed by atoms with Crippen molar-refractivity contribution in [3.63, 3.8) is 0 Å². The van der Waals surface area contributed by atoms with Crippen molar-refractivity contribution in [1.29, 1.82) is 0 Å². The molecule has 6 heteroatoms. The molecule has 1 N–H and O–H groups in total. The number of benzene rings is 1. The Kier molecular flexibility index (Phi) is 4.97. The Hall–Kier alpha value is -1.40. The smallest absolute Gasteiger partial charge is 0.255 e. The van der Waals surface area contributed by atoms with Crippen LogP contribution in [0.5, 0.6) is 0 Å². The second-order valence-electron chi connectivity index (χ2n) is 7.14. The van der Waals surface area contributed by atoms with Gasteiger partial charge in [0.15, 0.2) is 9.84 Å². The van der Waals surface area contributed by atoms with Gasteiger partial charge in [-0.05, 0) is 63.7 Å². The molecule has 0 aliphatic carbocycles. The molecule has 2 aliphatic rings. The number of hydrogen-bond acceptors (Lipinski definition) is 4. The third-order valence-electron chi connectivity index (χ3n) is 5.35. The lowest BCUT2D eigenvalue weighted by Crippen LogP contribution is -2.34. The van der Waals surface area contributed by atoms with Crippen LogP contribution in [0.3, 0.4) is 0 Å². The van der Waals surface area contributed by atoms with E-state index < -0.39 is 15.1 Å². The molecule has 2 atom stereocenters. The summed E-state index contributed by atoms with van der Waals surface area (Å²) in [5, 5.41) is 2.89. The van der Waals surface area contributed by atoms with Crippen LogP contribution >= 0.6 is 0 Å². The number of hydrogen-bond donors (Lipinski definition) is 1. The van der Waals surface area contributed by atoms with Crippen molar-refractivity contribution >= 4 is 15.7 Å². The Bertz CT molecular complexity index is 701. The lowest BCUT2D eigenvalue weighted by molar-refractivity contribution is 0.0754. The van der Waals surface area contributed by atoms with Crippen molar-refractivity contribution in [2.24, 2.45) is 11.8 Å². The summed E-state index contributed by atoms with van der Waals surface area (Å²) in [4.78, 5) is 15.0. The van der Waals surface area contributed by atoms with Crippen LogP contribution < -0.4 is 5.32 Å². The quantitative estimate of drug-likeness (QED) is 0.905. The number of likely N-dealkylation sites (tertiary alicyclic amines) is 1. The minimum absolute atomic E-state index is 0.150. The molecule has 0 unspecified atom stereocenters. The number of nitrogens with zero attached hydrogens (tertiary/aromatic N) is 1. The third-order valence-corrected chi connectivity index (χ3v) is 7.56. The van der Waals surface area contributed by atoms with E-state index in [1.807, 2.05) is 4.90 Å². The van der Waals surface area contributed by atoms with E-state index in [-0.39, 0.29) is 10.8 Å². The Morgan fingerprint density at radius 2 is 1.71 bits per heavy atom. The second kappa shape index (κ2) is 6.84. The monoisotopic (exact) mass is 350 g/mol. The lowest BCUT2D eigenvalue weighted by atomic mass is 9.92. The highest BCUT2D eigenvalue weighted by Gasteiger charge is 2.33. The largest absolute Gasteiger partial charge is 0.339 e. The highest BCUT2D eigenvalue weighted by Crippen LogP contribution is 2.29. The summed E-state index contributed by atoms with van der Waals surface area (Å²) >= 11 is 0. The maximum Gasteiger partial charge on any atom is 0.255 e. The van der Waals surface area contributed by atoms with Crippen molar-refractivity contribution in [1.82, 2.24) is 10.2 Å². The van der Waals surface area contributed by atoms with Crippen molar-refractivity contribution in [3.8, 4) is 0 Å². The molecule has 0 radical (unpaired) electrons. The molecule has 2 fully saturated rings. The van der Waals surface area contributed by atoms with E-state index in [0.717, 1.165) is 25.9 Å². The van der Waals surface area contributed by atoms with E-state index in [1.165, 1.54) is 0 Å². The van der Waals surface area contributed by atoms with Gasteiger partial charge in [-0.3, -0.25) is 4.79 Å². The average molecular weight is 350 g/mol. The minimum atomic E-state index is -3.47. The fourth-order valence-electron chi connectivity index (χ4n) is 3.74. The summed E-state index contributed by atoms with van der Waals surface area (Å²) in [6.45, 7) is 6.78. The Labute approximate surface area is 144 Å². The first-order chi connectivity index (χ1) is 11.4. The molecule has 24 heavy (non-hydrogen) atoms. The van der Waals surface area contributed by atoms with E-state index in [0.29, 0.717) is 30.5 Å². The van der Waals surface area contributed by atoms with Crippen LogP contribution in [0, 0.1) is 11.8 Å². The first-order valence-corrected chi connectivity index (χ1v) is 10.3. The second-order valence-corrected chi connectivity index (χ2v) is 9.61. The van der Waals surface area contributed by atoms with Gasteiger partial charge in [0.2, 0.25) is 0 Å². The van der Waals surface area contributed by atoms with E-state index in [2.05, 4.69) is 5.32 Å². The zero-order valence-corrected chi connectivity index (χ0v) is 15.2. The Morgan fingerprint density at radius 3 is 2.29 bits per heavy atom. The molecule has 0 bridgehead atoms. The summed E-state index contributed by atoms with van der Waals surface area (Å²) < 4.78 is 25.2. The molecule has 2 saturated heterocycles. The van der Waals surface area contributed by atoms with E-state index in [1.54, 1.807) is 38.1 Å². The van der Waals surface area contributed by atoms with Crippen LogP contribution in [0.4, 0.5) is 0 Å². The van der Waals surface area contributed by atoms with Crippen molar-refractivity contribution in [2.45, 2.75) is 36.8 Å². The molecule has 132 valence electrons. The van der Waals surface area contributed by atoms with Crippen molar-refractivity contribution in [2.75, 3.05) is 26.2 Å². The normalized spacial score (nSPS) is 24.7. The molecule has 1 aromatic rings. The fraction of sp³-hybridized carbons (Fsp3) is 0.611. The number of nitrogens with one attached hydrogen (secondary N) is 1. The zero-order chi connectivity index (χ0) is 17.3. The van der Waals surface area contributed by atoms with Gasteiger partial charge in [0.05, 0.1) is 15.7 Å². The van der Waals surface area contributed by atoms with E-state index in [4.69, 9.17) is 0 Å². The molecular formula is C18H26N2O3S. The SMILES string of the molecule is CC(C)S(=O)(=O)c1ccccc1C(=O)N1CC[C@@H]2CNC[C@@H]2CC1. The van der Waals surface area contributed by atoms with E-state index >= 15 is 0 Å². The van der Waals surface area contributed by atoms with Gasteiger partial charge in [0.1, 0.15) is 0 Å². The van der Waals surface area contributed by atoms with Crippen LogP contribution in [0.25, 0.3) is 0 Å². The zero-order valence-electron chi connectivity index (χ0n) is 14.4. The maximum atomic E-state index is 13.0. The molecule has 0 aromatic heterocycles. The summed E-state index contributed by atoms with van der Waals surface area (Å²) in [6, 6.07) is 6.62. The molecule has 5 nitrogen and oxygen atoms in total. The molecule has 2 heterocycles. The molecule has 0 saturated carbocycles. The highest BCUT2D eigenvalue weighted by atomic mass is 32.2. The van der Waals surface area contributed by atoms with Gasteiger partial charge in [0, 0.05) is 13.1 Å². The summed E-state index contributed by atoms with van der Waals surface area (Å²) in [7, 11) is -3.47. The van der Waals surface area contributed by atoms with Crippen LogP contribution in [0.2, 0.25) is 0 Å². The average Bonchev–Trinajstić information content (AvgIpc) is 2.92.